The van der Waals surface area contributed by atoms with Gasteiger partial charge in [-0.05, 0) is 34.8 Å². The number of alkyl halides is 12. The van der Waals surface area contributed by atoms with Crippen LogP contribution < -0.4 is 0 Å². The van der Waals surface area contributed by atoms with Gasteiger partial charge in [0, 0.05) is 0 Å². The van der Waals surface area contributed by atoms with E-state index in [0.717, 1.165) is 0 Å². The molecule has 0 aliphatic rings. The Kier molecular flexibility index (Phi) is 7.54. The summed E-state index contributed by atoms with van der Waals surface area (Å²) in [6.07, 6.45) is -7.19. The van der Waals surface area contributed by atoms with Crippen LogP contribution in [0.2, 0.25) is 0 Å². The lowest BCUT2D eigenvalue weighted by atomic mass is 10.1. The second-order valence-corrected chi connectivity index (χ2v) is 6.94. The zero-order chi connectivity index (χ0) is 20.6. The van der Waals surface area contributed by atoms with Gasteiger partial charge < -0.3 is 0 Å². The highest BCUT2D eigenvalue weighted by Crippen LogP contribution is 2.54. The summed E-state index contributed by atoms with van der Waals surface area (Å²) in [6.45, 7) is 0. The molecule has 0 bridgehead atoms. The average Bonchev–Trinajstić information content (AvgIpc) is 2.24. The van der Waals surface area contributed by atoms with Crippen LogP contribution in [0.5, 0.6) is 0 Å². The molecule has 0 aromatic carbocycles. The lowest BCUT2D eigenvalue weighted by Gasteiger charge is -2.31. The molecule has 0 heterocycles. The molecular weight excluding hydrogens is 466 g/mol. The second-order valence-electron chi connectivity index (χ2n) is 3.33. The van der Waals surface area contributed by atoms with Gasteiger partial charge in [0.1, 0.15) is 0 Å². The van der Waals surface area contributed by atoms with Crippen molar-refractivity contribution in [3.63, 3.8) is 0 Å². The van der Waals surface area contributed by atoms with Crippen molar-refractivity contribution in [2.45, 2.75) is 27.2 Å². The summed E-state index contributed by atoms with van der Waals surface area (Å²) in [5, 5.41) is 2.21. The van der Waals surface area contributed by atoms with E-state index in [-0.39, 0.29) is 0 Å². The van der Waals surface area contributed by atoms with Crippen molar-refractivity contribution in [1.29, 1.82) is 0 Å². The summed E-state index contributed by atoms with van der Waals surface area (Å²) >= 11 is 14.1. The van der Waals surface area contributed by atoms with Gasteiger partial charge in [0.2, 0.25) is 0 Å². The highest BCUT2D eigenvalue weighted by molar-refractivity contribution is 7.87. The van der Waals surface area contributed by atoms with E-state index in [9.17, 15) is 61.9 Å². The van der Waals surface area contributed by atoms with Crippen LogP contribution in [0.3, 0.4) is 0 Å². The molecule has 0 radical (unpaired) electrons. The van der Waals surface area contributed by atoms with Crippen molar-refractivity contribution in [2.75, 3.05) is 0 Å². The summed E-state index contributed by atoms with van der Waals surface area (Å²) in [5.41, 5.74) is 0. The first-order valence-corrected chi connectivity index (χ1v) is 6.82. The molecule has 0 saturated carbocycles. The van der Waals surface area contributed by atoms with Crippen LogP contribution in [0.4, 0.5) is 43.4 Å². The fraction of sp³-hybridized carbons (Fsp3) is 1.00. The predicted molar refractivity (Wildman–Crippen MR) is 58.2 cm³/mol. The summed E-state index contributed by atoms with van der Waals surface area (Å²) in [6, 6.07) is 0. The average molecular weight is 466 g/mol. The quantitative estimate of drug-likeness (QED) is 0.155. The Morgan fingerprint density at radius 3 is 1.17 bits per heavy atom. The van der Waals surface area contributed by atoms with Gasteiger partial charge in [-0.15, -0.1) is 0 Å². The fourth-order valence-corrected chi connectivity index (χ4v) is 0.948. The summed E-state index contributed by atoms with van der Waals surface area (Å²) < 4.78 is 135. The van der Waals surface area contributed by atoms with Gasteiger partial charge >= 0.3 is 37.4 Å². The topological polar surface area (TPSA) is 77.3 Å². The molecule has 0 rings (SSSR count). The van der Waals surface area contributed by atoms with Crippen LogP contribution in [0.1, 0.15) is 0 Å². The molecule has 0 aromatic heterocycles. The Bertz CT molecular complexity index is 570. The molecule has 146 valence electrons. The third-order valence-corrected chi connectivity index (χ3v) is 2.91. The number of nitro groups is 1. The van der Waals surface area contributed by atoms with Crippen molar-refractivity contribution < 1.29 is 56.7 Å². The minimum Gasteiger partial charge on any atom is -0.260 e. The normalized spacial score (nSPS) is 14.7. The van der Waals surface area contributed by atoms with Gasteiger partial charge in [-0.1, -0.05) is 3.89 Å². The Morgan fingerprint density at radius 1 is 0.792 bits per heavy atom. The fourth-order valence-electron chi connectivity index (χ4n) is 0.514. The third-order valence-electron chi connectivity index (χ3n) is 1.63. The number of hydrogen-bond donors (Lipinski definition) is 0. The van der Waals surface area contributed by atoms with Crippen LogP contribution in [0, 0.1) is 10.1 Å². The van der Waals surface area contributed by atoms with Crippen molar-refractivity contribution in [3.05, 3.63) is 10.1 Å². The largest absolute Gasteiger partial charge is 0.460 e. The highest BCUT2D eigenvalue weighted by Gasteiger charge is 2.85. The zero-order valence-electron chi connectivity index (χ0n) is 9.90. The lowest BCUT2D eigenvalue weighted by Crippen LogP contribution is -2.62. The minimum atomic E-state index is -7.67. The van der Waals surface area contributed by atoms with Crippen molar-refractivity contribution in [1.82, 2.24) is 0 Å². The summed E-state index contributed by atoms with van der Waals surface area (Å²) in [4.78, 5) is 8.41. The lowest BCUT2D eigenvalue weighted by molar-refractivity contribution is -0.491. The molecule has 0 unspecified atom stereocenters. The van der Waals surface area contributed by atoms with Crippen molar-refractivity contribution >= 4 is 45.0 Å². The summed E-state index contributed by atoms with van der Waals surface area (Å²) in [5.74, 6) is -14.9. The summed E-state index contributed by atoms with van der Waals surface area (Å²) in [7, 11) is -7.67. The van der Waals surface area contributed by atoms with Crippen molar-refractivity contribution in [2.24, 2.45) is 0 Å². The standard InChI is InChI=1S/C4F10O2S.CCl3NO2/c5-1(6,3(9,10)11)2(7,8)4(12,13)17(14,15)16;2-1(3,4)5(6)7. The van der Waals surface area contributed by atoms with Gasteiger partial charge in [0.05, 0.1) is 4.92 Å². The van der Waals surface area contributed by atoms with Crippen molar-refractivity contribution in [3.8, 4) is 0 Å². The van der Waals surface area contributed by atoms with Gasteiger partial charge in [0.25, 0.3) is 0 Å². The van der Waals surface area contributed by atoms with E-state index < -0.39 is 42.3 Å². The molecule has 0 fully saturated rings. The van der Waals surface area contributed by atoms with Crippen LogP contribution in [-0.4, -0.2) is 40.5 Å². The third kappa shape index (κ3) is 5.26. The van der Waals surface area contributed by atoms with E-state index in [1.54, 1.807) is 0 Å². The first kappa shape index (κ1) is 25.8. The van der Waals surface area contributed by atoms with E-state index in [2.05, 4.69) is 0 Å². The Hall–Kier alpha value is -0.480. The molecule has 0 aliphatic heterocycles. The van der Waals surface area contributed by atoms with Crippen LogP contribution in [0.15, 0.2) is 0 Å². The highest BCUT2D eigenvalue weighted by atomic mass is 35.6. The molecule has 0 spiro atoms. The predicted octanol–water partition coefficient (Wildman–Crippen LogP) is 4.30. The molecule has 19 heteroatoms. The molecule has 24 heavy (non-hydrogen) atoms. The first-order chi connectivity index (χ1) is 9.94. The number of halogens is 13. The minimum absolute atomic E-state index is 1.02. The SMILES string of the molecule is O=S(=O)(F)C(F)(F)C(F)(F)C(F)(F)C(F)(F)F.O=[N+]([O-])C(Cl)(Cl)Cl. The first-order valence-electron chi connectivity index (χ1n) is 4.30. The molecule has 0 aromatic rings. The van der Waals surface area contributed by atoms with Gasteiger partial charge in [-0.2, -0.15) is 47.9 Å². The molecule has 5 nitrogen and oxygen atoms in total. The zero-order valence-corrected chi connectivity index (χ0v) is 13.0. The van der Waals surface area contributed by atoms with Crippen LogP contribution in [-0.2, 0) is 10.2 Å². The van der Waals surface area contributed by atoms with E-state index in [1.807, 2.05) is 0 Å². The molecule has 0 amide bonds. The molecule has 0 atom stereocenters. The molecular formula is C5Cl3F10NO4S. The molecule has 0 saturated heterocycles. The van der Waals surface area contributed by atoms with E-state index >= 15 is 0 Å². The van der Waals surface area contributed by atoms with Gasteiger partial charge in [0.15, 0.2) is 0 Å². The van der Waals surface area contributed by atoms with E-state index in [4.69, 9.17) is 34.8 Å². The number of hydrogen-bond acceptors (Lipinski definition) is 4. The van der Waals surface area contributed by atoms with Gasteiger partial charge in [-0.3, -0.25) is 10.1 Å². The van der Waals surface area contributed by atoms with Crippen LogP contribution >= 0.6 is 34.8 Å². The maximum atomic E-state index is 12.1. The number of rotatable bonds is 3. The smallest absolute Gasteiger partial charge is 0.260 e. The Morgan fingerprint density at radius 2 is 1.04 bits per heavy atom. The van der Waals surface area contributed by atoms with E-state index in [1.165, 1.54) is 0 Å². The van der Waals surface area contributed by atoms with Gasteiger partial charge in [-0.25, -0.2) is 0 Å². The number of nitrogens with zero attached hydrogens (tertiary/aromatic N) is 1. The second kappa shape index (κ2) is 7.03. The molecule has 0 aliphatic carbocycles. The van der Waals surface area contributed by atoms with Crippen LogP contribution in [0.25, 0.3) is 0 Å². The Balaban J connectivity index is 0. The molecule has 0 N–H and O–H groups in total. The maximum absolute atomic E-state index is 12.1. The maximum Gasteiger partial charge on any atom is 0.460 e. The van der Waals surface area contributed by atoms with E-state index in [0.29, 0.717) is 0 Å². The monoisotopic (exact) mass is 465 g/mol. The Labute approximate surface area is 139 Å².